The quantitative estimate of drug-likeness (QED) is 0.118. The van der Waals surface area contributed by atoms with E-state index in [-0.39, 0.29) is 41.4 Å². The largest absolute Gasteiger partial charge is 0.379 e. The van der Waals surface area contributed by atoms with E-state index >= 15 is 0 Å². The van der Waals surface area contributed by atoms with Crippen molar-refractivity contribution in [2.24, 2.45) is 11.5 Å². The molecule has 0 atom stereocenters. The number of ether oxygens (including phenoxy) is 1. The Morgan fingerprint density at radius 1 is 1.06 bits per heavy atom. The Morgan fingerprint density at radius 2 is 1.44 bits per heavy atom. The maximum Gasteiger partial charge on any atom is 0.204 e. The molecule has 0 aromatic carbocycles. The summed E-state index contributed by atoms with van der Waals surface area (Å²) in [5, 5.41) is 16.2. The third kappa shape index (κ3) is 18.9. The number of hydrazine groups is 1. The molecule has 1 aliphatic heterocycles. The Morgan fingerprint density at radius 3 is 1.56 bits per heavy atom. The number of nitrogens with two attached hydrogens (primary N) is 2. The predicted molar refractivity (Wildman–Crippen MR) is 61.0 cm³/mol. The van der Waals surface area contributed by atoms with Gasteiger partial charge in [-0.3, -0.25) is 21.7 Å². The summed E-state index contributed by atoms with van der Waals surface area (Å²) in [5.41, 5.74) is 13.8. The number of halogens is 1. The fraction of sp³-hybridized carbons (Fsp3) is 0.667. The van der Waals surface area contributed by atoms with Crippen LogP contribution >= 0.6 is 12.4 Å². The number of hydrogen-bond donors (Lipinski definition) is 7. The van der Waals surface area contributed by atoms with Crippen LogP contribution < -0.4 is 27.6 Å². The average molecular weight is 303 g/mol. The molecular weight excluding hydrogens is 285 g/mol. The maximum atomic E-state index is 6.54. The zero-order valence-electron chi connectivity index (χ0n) is 8.60. The topological polar surface area (TPSA) is 145 Å². The Labute approximate surface area is 111 Å². The minimum Gasteiger partial charge on any atom is -0.379 e. The monoisotopic (exact) mass is 302 g/mol. The molecule has 1 rings (SSSR count). The molecule has 0 saturated carbocycles. The van der Waals surface area contributed by atoms with Gasteiger partial charge in [-0.15, -0.1) is 12.4 Å². The van der Waals surface area contributed by atoms with Gasteiger partial charge >= 0.3 is 0 Å². The van der Waals surface area contributed by atoms with Gasteiger partial charge < -0.3 is 21.5 Å². The summed E-state index contributed by atoms with van der Waals surface area (Å²) < 4.78 is 5.01. The Bertz CT molecular complexity index is 164. The van der Waals surface area contributed by atoms with Gasteiger partial charge in [-0.05, 0) is 0 Å². The fourth-order valence-corrected chi connectivity index (χ4v) is 0.650. The molecule has 0 spiro atoms. The average Bonchev–Trinajstić information content (AvgIpc) is 2.18. The molecule has 1 fully saturated rings. The second-order valence-corrected chi connectivity index (χ2v) is 2.44. The summed E-state index contributed by atoms with van der Waals surface area (Å²) in [7, 11) is 0. The van der Waals surface area contributed by atoms with E-state index in [9.17, 15) is 0 Å². The summed E-state index contributed by atoms with van der Waals surface area (Å²) >= 11 is 0. The van der Waals surface area contributed by atoms with Crippen molar-refractivity contribution in [3.8, 4) is 0 Å². The van der Waals surface area contributed by atoms with Crippen LogP contribution in [0.4, 0.5) is 0 Å². The van der Waals surface area contributed by atoms with Gasteiger partial charge in [0.2, 0.25) is 11.9 Å². The first-order chi connectivity index (χ1) is 6.63. The standard InChI is InChI=1S/C4H9NO.C2H8N6.ClH.Cu/c1-3-6-4-2-5-1;3-1(4)7-8-2(5)6;;/h5H,1-4H2;(H4,3,4,7)(H4,5,6,8);1H;. The van der Waals surface area contributed by atoms with Crippen LogP contribution in [0.15, 0.2) is 0 Å². The van der Waals surface area contributed by atoms with Gasteiger partial charge in [0, 0.05) is 30.2 Å². The molecular formula is C6H18ClCuN7O. The normalized spacial score (nSPS) is 12.8. The van der Waals surface area contributed by atoms with Crippen molar-refractivity contribution in [2.75, 3.05) is 26.3 Å². The van der Waals surface area contributed by atoms with Crippen LogP contribution in [0.25, 0.3) is 0 Å². The summed E-state index contributed by atoms with van der Waals surface area (Å²) in [5.74, 6) is -0.555. The molecule has 101 valence electrons. The first-order valence-electron chi connectivity index (χ1n) is 4.11. The minimum atomic E-state index is -0.278. The molecule has 1 aliphatic rings. The van der Waals surface area contributed by atoms with Crippen molar-refractivity contribution >= 4 is 24.3 Å². The van der Waals surface area contributed by atoms with Crippen molar-refractivity contribution in [3.63, 3.8) is 0 Å². The van der Waals surface area contributed by atoms with Crippen molar-refractivity contribution < 1.29 is 21.8 Å². The summed E-state index contributed by atoms with van der Waals surface area (Å²) in [4.78, 5) is 0. The summed E-state index contributed by atoms with van der Waals surface area (Å²) in [6.07, 6.45) is 0. The van der Waals surface area contributed by atoms with Gasteiger partial charge in [-0.1, -0.05) is 0 Å². The van der Waals surface area contributed by atoms with Gasteiger partial charge in [0.05, 0.1) is 13.2 Å². The van der Waals surface area contributed by atoms with Gasteiger partial charge in [-0.25, -0.2) is 0 Å². The number of nitrogens with one attached hydrogen (secondary N) is 5. The Hall–Kier alpha value is -0.731. The number of morpholine rings is 1. The molecule has 0 bridgehead atoms. The summed E-state index contributed by atoms with van der Waals surface area (Å²) in [6.45, 7) is 3.83. The fourth-order valence-electron chi connectivity index (χ4n) is 0.650. The summed E-state index contributed by atoms with van der Waals surface area (Å²) in [6, 6.07) is 0. The van der Waals surface area contributed by atoms with Crippen LogP contribution in [-0.4, -0.2) is 38.2 Å². The molecule has 16 heavy (non-hydrogen) atoms. The molecule has 0 amide bonds. The third-order valence-corrected chi connectivity index (χ3v) is 1.18. The Balaban J connectivity index is -0.000000192. The Kier molecular flexibility index (Phi) is 18.4. The van der Waals surface area contributed by atoms with Crippen molar-refractivity contribution in [2.45, 2.75) is 0 Å². The molecule has 9 N–H and O–H groups in total. The molecule has 0 unspecified atom stereocenters. The van der Waals surface area contributed by atoms with Crippen LogP contribution in [0, 0.1) is 10.8 Å². The maximum absolute atomic E-state index is 6.54. The SMILES string of the molecule is C1COCCN1.Cl.N=C(N)NNC(=N)N.[Cu]. The van der Waals surface area contributed by atoms with Gasteiger partial charge in [0.15, 0.2) is 0 Å². The van der Waals surface area contributed by atoms with Gasteiger partial charge in [-0.2, -0.15) is 0 Å². The number of rotatable bonds is 0. The zero-order chi connectivity index (χ0) is 10.8. The van der Waals surface area contributed by atoms with Gasteiger partial charge in [0.1, 0.15) is 0 Å². The van der Waals surface area contributed by atoms with Crippen LogP contribution in [0.3, 0.4) is 0 Å². The van der Waals surface area contributed by atoms with Crippen LogP contribution in [0.1, 0.15) is 0 Å². The molecule has 0 aromatic rings. The molecule has 1 radical (unpaired) electrons. The second-order valence-electron chi connectivity index (χ2n) is 2.44. The third-order valence-electron chi connectivity index (χ3n) is 1.18. The molecule has 10 heteroatoms. The molecule has 0 aromatic heterocycles. The molecule has 1 saturated heterocycles. The zero-order valence-corrected chi connectivity index (χ0v) is 10.4. The molecule has 0 aliphatic carbocycles. The molecule has 8 nitrogen and oxygen atoms in total. The van der Waals surface area contributed by atoms with Crippen molar-refractivity contribution in [1.29, 1.82) is 10.8 Å². The van der Waals surface area contributed by atoms with Crippen LogP contribution in [-0.2, 0) is 21.8 Å². The van der Waals surface area contributed by atoms with Crippen LogP contribution in [0.5, 0.6) is 0 Å². The molecule has 1 heterocycles. The second kappa shape index (κ2) is 14.3. The van der Waals surface area contributed by atoms with E-state index in [1.54, 1.807) is 0 Å². The smallest absolute Gasteiger partial charge is 0.204 e. The van der Waals surface area contributed by atoms with E-state index in [0.29, 0.717) is 0 Å². The van der Waals surface area contributed by atoms with E-state index < -0.39 is 0 Å². The van der Waals surface area contributed by atoms with E-state index in [1.807, 2.05) is 0 Å². The van der Waals surface area contributed by atoms with E-state index in [2.05, 4.69) is 16.2 Å². The van der Waals surface area contributed by atoms with Gasteiger partial charge in [0.25, 0.3) is 0 Å². The minimum absolute atomic E-state index is 0. The number of guanidine groups is 2. The number of hydrogen-bond acceptors (Lipinski definition) is 4. The van der Waals surface area contributed by atoms with Crippen LogP contribution in [0.2, 0.25) is 0 Å². The first-order valence-corrected chi connectivity index (χ1v) is 4.11. The van der Waals surface area contributed by atoms with E-state index in [1.165, 1.54) is 0 Å². The van der Waals surface area contributed by atoms with Crippen molar-refractivity contribution in [1.82, 2.24) is 16.2 Å². The first kappa shape index (κ1) is 20.7. The van der Waals surface area contributed by atoms with E-state index in [0.717, 1.165) is 26.3 Å². The predicted octanol–water partition coefficient (Wildman–Crippen LogP) is -2.11. The van der Waals surface area contributed by atoms with E-state index in [4.69, 9.17) is 27.0 Å². The van der Waals surface area contributed by atoms with Crippen molar-refractivity contribution in [3.05, 3.63) is 0 Å².